The minimum Gasteiger partial charge on any atom is -0.496 e. The molecule has 1 aliphatic heterocycles. The first kappa shape index (κ1) is 28.6. The van der Waals surface area contributed by atoms with Crippen molar-refractivity contribution in [2.24, 2.45) is 11.8 Å². The number of carboxylic acid groups (broad SMARTS) is 1. The van der Waals surface area contributed by atoms with Gasteiger partial charge in [0, 0.05) is 43.5 Å². The van der Waals surface area contributed by atoms with Crippen molar-refractivity contribution in [2.45, 2.75) is 76.8 Å². The third-order valence-corrected chi connectivity index (χ3v) is 9.24. The number of nitrogens with zero attached hydrogens (tertiary/aromatic N) is 2. The van der Waals surface area contributed by atoms with E-state index < -0.39 is 5.97 Å². The van der Waals surface area contributed by atoms with Crippen LogP contribution in [-0.2, 0) is 33.8 Å². The van der Waals surface area contributed by atoms with Crippen molar-refractivity contribution in [3.05, 3.63) is 63.7 Å². The lowest BCUT2D eigenvalue weighted by molar-refractivity contribution is -0.143. The number of hydrogen-bond donors (Lipinski definition) is 1. The molecule has 8 heteroatoms. The molecule has 1 saturated heterocycles. The van der Waals surface area contributed by atoms with Crippen molar-refractivity contribution in [2.75, 3.05) is 20.2 Å². The van der Waals surface area contributed by atoms with Gasteiger partial charge in [-0.05, 0) is 97.7 Å². The van der Waals surface area contributed by atoms with Crippen LogP contribution in [0, 0.1) is 11.8 Å². The van der Waals surface area contributed by atoms with Gasteiger partial charge < -0.3 is 9.84 Å². The van der Waals surface area contributed by atoms with Crippen molar-refractivity contribution in [3.8, 4) is 5.75 Å². The van der Waals surface area contributed by atoms with E-state index in [1.807, 2.05) is 6.07 Å². The first-order valence-electron chi connectivity index (χ1n) is 14.6. The van der Waals surface area contributed by atoms with Crippen LogP contribution >= 0.6 is 11.6 Å². The lowest BCUT2D eigenvalue weighted by Gasteiger charge is -2.35. The number of likely N-dealkylation sites (tertiary alicyclic amines) is 1. The van der Waals surface area contributed by atoms with Crippen LogP contribution in [0.25, 0.3) is 0 Å². The van der Waals surface area contributed by atoms with Crippen molar-refractivity contribution < 1.29 is 24.2 Å². The van der Waals surface area contributed by atoms with Crippen LogP contribution < -0.4 is 4.74 Å². The molecule has 0 radical (unpaired) electrons. The van der Waals surface area contributed by atoms with E-state index in [2.05, 4.69) is 35.2 Å². The molecule has 2 fully saturated rings. The number of halogens is 1. The molecule has 2 aromatic rings. The third-order valence-electron chi connectivity index (χ3n) is 9.00. The molecule has 2 aliphatic carbocycles. The minimum atomic E-state index is -0.664. The molecule has 1 atom stereocenters. The standard InChI is InChI=1S/C32H39ClN2O5/c1-40-29-17-22(6-7-23(29)3-2-16-35-30(36)14-15-31(35)37)20-34(19-21-4-8-24(9-5-21)32(38)39)28-13-10-25-18-26(33)11-12-27(25)28/h6-7,11-12,17-18,21,24,28H,2-5,8-10,13-16,19-20H2,1H3,(H,38,39)/t21-,24-,28-/m0/s1. The summed E-state index contributed by atoms with van der Waals surface area (Å²) in [6, 6.07) is 12.9. The van der Waals surface area contributed by atoms with Gasteiger partial charge in [-0.25, -0.2) is 0 Å². The van der Waals surface area contributed by atoms with Crippen molar-refractivity contribution >= 4 is 29.4 Å². The number of carbonyl (C=O) groups is 3. The van der Waals surface area contributed by atoms with Crippen LogP contribution in [0.2, 0.25) is 5.02 Å². The fourth-order valence-electron chi connectivity index (χ4n) is 6.80. The highest BCUT2D eigenvalue weighted by Gasteiger charge is 2.33. The molecule has 1 N–H and O–H groups in total. The van der Waals surface area contributed by atoms with E-state index in [4.69, 9.17) is 16.3 Å². The van der Waals surface area contributed by atoms with Gasteiger partial charge in [0.1, 0.15) is 5.75 Å². The second-order valence-corrected chi connectivity index (χ2v) is 12.0. The van der Waals surface area contributed by atoms with E-state index in [1.54, 1.807) is 7.11 Å². The van der Waals surface area contributed by atoms with Crippen LogP contribution in [0.3, 0.4) is 0 Å². The molecule has 2 aromatic carbocycles. The lowest BCUT2D eigenvalue weighted by Crippen LogP contribution is -2.34. The fourth-order valence-corrected chi connectivity index (χ4v) is 6.99. The quantitative estimate of drug-likeness (QED) is 0.345. The summed E-state index contributed by atoms with van der Waals surface area (Å²) in [6.07, 6.45) is 7.53. The van der Waals surface area contributed by atoms with E-state index in [1.165, 1.54) is 21.6 Å². The van der Waals surface area contributed by atoms with Gasteiger partial charge in [-0.15, -0.1) is 0 Å². The number of aliphatic carboxylic acids is 1. The Morgan fingerprint density at radius 2 is 1.77 bits per heavy atom. The average Bonchev–Trinajstić information content (AvgIpc) is 3.51. The fraction of sp³-hybridized carbons (Fsp3) is 0.531. The van der Waals surface area contributed by atoms with Crippen molar-refractivity contribution in [3.63, 3.8) is 0 Å². The SMILES string of the molecule is COc1cc(CN(C[C@H]2CC[C@H](C(=O)O)CC2)[C@H]2CCc3cc(Cl)ccc32)ccc1CCCN1C(=O)CCC1=O. The Bertz CT molecular complexity index is 1240. The predicted molar refractivity (Wildman–Crippen MR) is 153 cm³/mol. The van der Waals surface area contributed by atoms with E-state index in [0.717, 1.165) is 74.4 Å². The number of amides is 2. The summed E-state index contributed by atoms with van der Waals surface area (Å²) in [6.45, 7) is 2.16. The van der Waals surface area contributed by atoms with Gasteiger partial charge in [0.15, 0.2) is 0 Å². The Morgan fingerprint density at radius 1 is 1.02 bits per heavy atom. The molecule has 2 amide bonds. The molecule has 0 bridgehead atoms. The molecular formula is C32H39ClN2O5. The first-order chi connectivity index (χ1) is 19.3. The largest absolute Gasteiger partial charge is 0.496 e. The second-order valence-electron chi connectivity index (χ2n) is 11.6. The zero-order valence-corrected chi connectivity index (χ0v) is 24.0. The van der Waals surface area contributed by atoms with Gasteiger partial charge in [-0.1, -0.05) is 29.8 Å². The average molecular weight is 567 g/mol. The van der Waals surface area contributed by atoms with Crippen LogP contribution in [0.15, 0.2) is 36.4 Å². The first-order valence-corrected chi connectivity index (χ1v) is 14.9. The highest BCUT2D eigenvalue weighted by atomic mass is 35.5. The summed E-state index contributed by atoms with van der Waals surface area (Å²) in [5.74, 6) is 0.292. The number of benzene rings is 2. The number of aryl methyl sites for hydroxylation is 2. The maximum absolute atomic E-state index is 11.9. The monoisotopic (exact) mass is 566 g/mol. The van der Waals surface area contributed by atoms with Crippen LogP contribution in [0.1, 0.15) is 79.7 Å². The molecule has 40 heavy (non-hydrogen) atoms. The van der Waals surface area contributed by atoms with Gasteiger partial charge in [0.25, 0.3) is 0 Å². The number of carbonyl (C=O) groups excluding carboxylic acids is 2. The molecule has 3 aliphatic rings. The van der Waals surface area contributed by atoms with Crippen LogP contribution in [-0.4, -0.2) is 52.9 Å². The van der Waals surface area contributed by atoms with Crippen LogP contribution in [0.5, 0.6) is 5.75 Å². The van der Waals surface area contributed by atoms with Crippen molar-refractivity contribution in [1.29, 1.82) is 0 Å². The van der Waals surface area contributed by atoms with E-state index in [-0.39, 0.29) is 17.7 Å². The number of rotatable bonds is 11. The highest BCUT2D eigenvalue weighted by Crippen LogP contribution is 2.40. The van der Waals surface area contributed by atoms with Crippen LogP contribution in [0.4, 0.5) is 0 Å². The lowest BCUT2D eigenvalue weighted by atomic mass is 9.81. The maximum Gasteiger partial charge on any atom is 0.306 e. The number of hydrogen-bond acceptors (Lipinski definition) is 5. The Hall–Kier alpha value is -2.90. The van der Waals surface area contributed by atoms with Gasteiger partial charge in [-0.3, -0.25) is 24.2 Å². The normalized spacial score (nSPS) is 22.7. The summed E-state index contributed by atoms with van der Waals surface area (Å²) in [4.78, 5) is 39.3. The molecule has 0 aromatic heterocycles. The molecule has 7 nitrogen and oxygen atoms in total. The topological polar surface area (TPSA) is 87.2 Å². The molecule has 5 rings (SSSR count). The summed E-state index contributed by atoms with van der Waals surface area (Å²) in [5, 5.41) is 10.2. The zero-order chi connectivity index (χ0) is 28.2. The highest BCUT2D eigenvalue weighted by molar-refractivity contribution is 6.30. The smallest absolute Gasteiger partial charge is 0.306 e. The predicted octanol–water partition coefficient (Wildman–Crippen LogP) is 5.81. The molecule has 1 saturated carbocycles. The van der Waals surface area contributed by atoms with Gasteiger partial charge in [0.05, 0.1) is 13.0 Å². The maximum atomic E-state index is 11.9. The number of methoxy groups -OCH3 is 1. The van der Waals surface area contributed by atoms with Crippen molar-refractivity contribution in [1.82, 2.24) is 9.80 Å². The summed E-state index contributed by atoms with van der Waals surface area (Å²) in [7, 11) is 1.69. The summed E-state index contributed by atoms with van der Waals surface area (Å²) >= 11 is 6.30. The second kappa shape index (κ2) is 12.7. The Labute approximate surface area is 241 Å². The number of imide groups is 1. The number of carboxylic acids is 1. The van der Waals surface area contributed by atoms with E-state index in [0.29, 0.717) is 37.8 Å². The number of fused-ring (bicyclic) bond motifs is 1. The van der Waals surface area contributed by atoms with Gasteiger partial charge in [0.2, 0.25) is 11.8 Å². The zero-order valence-electron chi connectivity index (χ0n) is 23.2. The molecular weight excluding hydrogens is 528 g/mol. The Balaban J connectivity index is 1.29. The Kier molecular flexibility index (Phi) is 9.11. The minimum absolute atomic E-state index is 0.0698. The third kappa shape index (κ3) is 6.52. The Morgan fingerprint density at radius 3 is 2.48 bits per heavy atom. The van der Waals surface area contributed by atoms with E-state index in [9.17, 15) is 19.5 Å². The molecule has 0 spiro atoms. The van der Waals surface area contributed by atoms with Gasteiger partial charge in [-0.2, -0.15) is 0 Å². The van der Waals surface area contributed by atoms with E-state index >= 15 is 0 Å². The summed E-state index contributed by atoms with van der Waals surface area (Å²) < 4.78 is 5.78. The number of ether oxygens (including phenoxy) is 1. The molecule has 1 heterocycles. The molecule has 214 valence electrons. The van der Waals surface area contributed by atoms with Gasteiger partial charge >= 0.3 is 5.97 Å². The molecule has 0 unspecified atom stereocenters. The summed E-state index contributed by atoms with van der Waals surface area (Å²) in [5.41, 5.74) is 4.91.